The van der Waals surface area contributed by atoms with Gasteiger partial charge in [-0.25, -0.2) is 0 Å². The van der Waals surface area contributed by atoms with Crippen LogP contribution in [0.4, 0.5) is 5.13 Å². The molecule has 0 radical (unpaired) electrons. The van der Waals surface area contributed by atoms with Gasteiger partial charge in [0.1, 0.15) is 5.01 Å². The lowest BCUT2D eigenvalue weighted by Crippen LogP contribution is -2.27. The van der Waals surface area contributed by atoms with Gasteiger partial charge in [-0.2, -0.15) is 0 Å². The van der Waals surface area contributed by atoms with Crippen molar-refractivity contribution in [1.29, 1.82) is 0 Å². The Morgan fingerprint density at radius 3 is 2.29 bits per heavy atom. The molecule has 1 amide bonds. The lowest BCUT2D eigenvalue weighted by Gasteiger charge is -2.16. The van der Waals surface area contributed by atoms with Crippen LogP contribution in [-0.4, -0.2) is 61.5 Å². The van der Waals surface area contributed by atoms with Crippen molar-refractivity contribution in [2.45, 2.75) is 27.2 Å². The molecule has 8 nitrogen and oxygen atoms in total. The molecule has 0 unspecified atom stereocenters. The maximum absolute atomic E-state index is 12.2. The molecule has 0 aliphatic rings. The molecule has 0 aliphatic heterocycles. The second kappa shape index (κ2) is 10.8. The molecule has 0 aliphatic carbocycles. The highest BCUT2D eigenvalue weighted by Crippen LogP contribution is 2.42. The highest BCUT2D eigenvalue weighted by molar-refractivity contribution is 7.18. The fourth-order valence-electron chi connectivity index (χ4n) is 2.66. The number of anilines is 1. The van der Waals surface area contributed by atoms with Crippen LogP contribution in [-0.2, 0) is 4.79 Å². The zero-order chi connectivity index (χ0) is 20.5. The van der Waals surface area contributed by atoms with Crippen LogP contribution in [0.15, 0.2) is 12.1 Å². The number of rotatable bonds is 11. The summed E-state index contributed by atoms with van der Waals surface area (Å²) in [6, 6.07) is 3.64. The van der Waals surface area contributed by atoms with Crippen molar-refractivity contribution in [3.63, 3.8) is 0 Å². The van der Waals surface area contributed by atoms with Gasteiger partial charge >= 0.3 is 0 Å². The molecule has 1 N–H and O–H groups in total. The van der Waals surface area contributed by atoms with Crippen LogP contribution < -0.4 is 19.5 Å². The summed E-state index contributed by atoms with van der Waals surface area (Å²) in [5.74, 6) is 1.58. The van der Waals surface area contributed by atoms with E-state index < -0.39 is 0 Å². The molecular formula is C19H28N4O4S. The Labute approximate surface area is 169 Å². The Kier molecular flexibility index (Phi) is 8.46. The van der Waals surface area contributed by atoms with Crippen LogP contribution in [0.2, 0.25) is 0 Å². The first-order valence-electron chi connectivity index (χ1n) is 9.31. The highest BCUT2D eigenvalue weighted by atomic mass is 32.1. The number of ether oxygens (including phenoxy) is 3. The summed E-state index contributed by atoms with van der Waals surface area (Å²) in [4.78, 5) is 14.4. The number of nitrogens with one attached hydrogen (secondary N) is 1. The Bertz CT molecular complexity index is 752. The van der Waals surface area contributed by atoms with Crippen LogP contribution in [0, 0.1) is 0 Å². The zero-order valence-corrected chi connectivity index (χ0v) is 17.9. The number of nitrogens with zero attached hydrogens (tertiary/aromatic N) is 3. The number of aromatic nitrogens is 2. The maximum atomic E-state index is 12.2. The summed E-state index contributed by atoms with van der Waals surface area (Å²) in [5, 5.41) is 12.2. The third kappa shape index (κ3) is 5.56. The Balaban J connectivity index is 2.13. The maximum Gasteiger partial charge on any atom is 0.227 e. The molecule has 28 heavy (non-hydrogen) atoms. The summed E-state index contributed by atoms with van der Waals surface area (Å²) in [5.41, 5.74) is 0.776. The standard InChI is InChI=1S/C19H28N4O4S/c1-6-23(7-2)10-9-16(24)20-19-22-21-18(28-19)13-11-14(25-4)17(27-8-3)15(12-13)26-5/h11-12H,6-10H2,1-5H3,(H,20,22,24). The van der Waals surface area contributed by atoms with E-state index in [9.17, 15) is 4.79 Å². The van der Waals surface area contributed by atoms with E-state index in [-0.39, 0.29) is 5.91 Å². The molecule has 1 heterocycles. The first kappa shape index (κ1) is 21.9. The molecule has 0 spiro atoms. The van der Waals surface area contributed by atoms with E-state index >= 15 is 0 Å². The minimum absolute atomic E-state index is 0.0727. The number of carbonyl (C=O) groups excluding carboxylic acids is 1. The van der Waals surface area contributed by atoms with E-state index in [1.807, 2.05) is 19.1 Å². The SMILES string of the molecule is CCOc1c(OC)cc(-c2nnc(NC(=O)CCN(CC)CC)s2)cc1OC. The third-order valence-corrected chi connectivity index (χ3v) is 5.10. The molecule has 1 aromatic heterocycles. The molecule has 0 atom stereocenters. The predicted molar refractivity (Wildman–Crippen MR) is 111 cm³/mol. The van der Waals surface area contributed by atoms with Crippen molar-refractivity contribution in [3.8, 4) is 27.8 Å². The van der Waals surface area contributed by atoms with Gasteiger partial charge in [0, 0.05) is 18.5 Å². The molecular weight excluding hydrogens is 380 g/mol. The Morgan fingerprint density at radius 2 is 1.75 bits per heavy atom. The molecule has 1 aromatic carbocycles. The second-order valence-electron chi connectivity index (χ2n) is 5.88. The van der Waals surface area contributed by atoms with E-state index in [2.05, 4.69) is 34.3 Å². The number of methoxy groups -OCH3 is 2. The minimum atomic E-state index is -0.0727. The summed E-state index contributed by atoms with van der Waals surface area (Å²) >= 11 is 1.30. The van der Waals surface area contributed by atoms with Gasteiger partial charge in [0.2, 0.25) is 16.8 Å². The van der Waals surface area contributed by atoms with Crippen molar-refractivity contribution in [3.05, 3.63) is 12.1 Å². The van der Waals surface area contributed by atoms with Crippen molar-refractivity contribution in [2.75, 3.05) is 45.8 Å². The molecule has 2 aromatic rings. The van der Waals surface area contributed by atoms with Crippen molar-refractivity contribution < 1.29 is 19.0 Å². The van der Waals surface area contributed by atoms with E-state index in [4.69, 9.17) is 14.2 Å². The van der Waals surface area contributed by atoms with Gasteiger partial charge < -0.3 is 24.4 Å². The van der Waals surface area contributed by atoms with E-state index in [0.717, 1.165) is 25.2 Å². The van der Waals surface area contributed by atoms with Gasteiger partial charge in [-0.05, 0) is 32.1 Å². The molecule has 2 rings (SSSR count). The smallest absolute Gasteiger partial charge is 0.227 e. The fraction of sp³-hybridized carbons (Fsp3) is 0.526. The second-order valence-corrected chi connectivity index (χ2v) is 6.86. The summed E-state index contributed by atoms with van der Waals surface area (Å²) in [6.45, 7) is 9.12. The van der Waals surface area contributed by atoms with Gasteiger partial charge in [-0.15, -0.1) is 10.2 Å². The zero-order valence-electron chi connectivity index (χ0n) is 17.1. The summed E-state index contributed by atoms with van der Waals surface area (Å²) in [7, 11) is 3.14. The largest absolute Gasteiger partial charge is 0.493 e. The van der Waals surface area contributed by atoms with Crippen LogP contribution in [0.1, 0.15) is 27.2 Å². The van der Waals surface area contributed by atoms with Gasteiger partial charge in [0.25, 0.3) is 0 Å². The minimum Gasteiger partial charge on any atom is -0.493 e. The quantitative estimate of drug-likeness (QED) is 0.610. The molecule has 0 saturated carbocycles. The number of amides is 1. The van der Waals surface area contributed by atoms with Gasteiger partial charge in [0.05, 0.1) is 20.8 Å². The van der Waals surface area contributed by atoms with Crippen molar-refractivity contribution in [2.24, 2.45) is 0 Å². The first-order chi connectivity index (χ1) is 13.6. The van der Waals surface area contributed by atoms with Gasteiger partial charge in [0.15, 0.2) is 11.5 Å². The Hall–Kier alpha value is -2.39. The summed E-state index contributed by atoms with van der Waals surface area (Å²) < 4.78 is 16.5. The van der Waals surface area contributed by atoms with Gasteiger partial charge in [-0.3, -0.25) is 4.79 Å². The monoisotopic (exact) mass is 408 g/mol. The number of carbonyl (C=O) groups is 1. The normalized spacial score (nSPS) is 10.8. The first-order valence-corrected chi connectivity index (χ1v) is 10.1. The van der Waals surface area contributed by atoms with Crippen molar-refractivity contribution >= 4 is 22.4 Å². The third-order valence-electron chi connectivity index (χ3n) is 4.22. The summed E-state index contributed by atoms with van der Waals surface area (Å²) in [6.07, 6.45) is 0.418. The Morgan fingerprint density at radius 1 is 1.11 bits per heavy atom. The average molecular weight is 409 g/mol. The van der Waals surface area contributed by atoms with E-state index in [1.54, 1.807) is 14.2 Å². The fourth-order valence-corrected chi connectivity index (χ4v) is 3.41. The molecule has 0 saturated heterocycles. The predicted octanol–water partition coefficient (Wildman–Crippen LogP) is 3.29. The van der Waals surface area contributed by atoms with Crippen LogP contribution in [0.3, 0.4) is 0 Å². The average Bonchev–Trinajstić information content (AvgIpc) is 3.17. The van der Waals surface area contributed by atoms with E-state index in [0.29, 0.717) is 40.4 Å². The lowest BCUT2D eigenvalue weighted by molar-refractivity contribution is -0.116. The van der Waals surface area contributed by atoms with Gasteiger partial charge in [-0.1, -0.05) is 25.2 Å². The molecule has 9 heteroatoms. The van der Waals surface area contributed by atoms with Crippen LogP contribution >= 0.6 is 11.3 Å². The lowest BCUT2D eigenvalue weighted by atomic mass is 10.2. The highest BCUT2D eigenvalue weighted by Gasteiger charge is 2.17. The number of benzene rings is 1. The van der Waals surface area contributed by atoms with E-state index in [1.165, 1.54) is 11.3 Å². The number of hydrogen-bond acceptors (Lipinski definition) is 8. The molecule has 0 bridgehead atoms. The van der Waals surface area contributed by atoms with Crippen molar-refractivity contribution in [1.82, 2.24) is 15.1 Å². The van der Waals surface area contributed by atoms with Crippen LogP contribution in [0.25, 0.3) is 10.6 Å². The van der Waals surface area contributed by atoms with Crippen LogP contribution in [0.5, 0.6) is 17.2 Å². The molecule has 154 valence electrons. The topological polar surface area (TPSA) is 85.8 Å². The number of hydrogen-bond donors (Lipinski definition) is 1. The molecule has 0 fully saturated rings.